The molecule has 1 fully saturated rings. The van der Waals surface area contributed by atoms with Crippen molar-refractivity contribution in [3.05, 3.63) is 66.6 Å². The fraction of sp³-hybridized carbons (Fsp3) is 0.318. The van der Waals surface area contributed by atoms with Gasteiger partial charge in [-0.15, -0.1) is 0 Å². The quantitative estimate of drug-likeness (QED) is 0.702. The lowest BCUT2D eigenvalue weighted by atomic mass is 9.97. The Bertz CT molecular complexity index is 952. The summed E-state index contributed by atoms with van der Waals surface area (Å²) < 4.78 is 1.97. The second-order valence-electron chi connectivity index (χ2n) is 7.32. The summed E-state index contributed by atoms with van der Waals surface area (Å²) in [5.41, 5.74) is 2.61. The number of pyridine rings is 1. The van der Waals surface area contributed by atoms with Crippen LogP contribution in [0.15, 0.2) is 60.9 Å². The molecule has 7 heteroatoms. The summed E-state index contributed by atoms with van der Waals surface area (Å²) in [6.07, 6.45) is 6.25. The van der Waals surface area contributed by atoms with Gasteiger partial charge in [0.15, 0.2) is 0 Å². The summed E-state index contributed by atoms with van der Waals surface area (Å²) in [4.78, 5) is 31.4. The van der Waals surface area contributed by atoms with Gasteiger partial charge in [0.1, 0.15) is 5.65 Å². The van der Waals surface area contributed by atoms with E-state index in [1.165, 1.54) is 0 Å². The van der Waals surface area contributed by atoms with Crippen molar-refractivity contribution in [2.45, 2.75) is 19.3 Å². The summed E-state index contributed by atoms with van der Waals surface area (Å²) in [6, 6.07) is 15.1. The lowest BCUT2D eigenvalue weighted by Gasteiger charge is -2.32. The van der Waals surface area contributed by atoms with E-state index in [0.717, 1.165) is 29.9 Å². The van der Waals surface area contributed by atoms with Gasteiger partial charge in [-0.2, -0.15) is 0 Å². The Morgan fingerprint density at radius 3 is 2.76 bits per heavy atom. The summed E-state index contributed by atoms with van der Waals surface area (Å²) in [6.45, 7) is 1.65. The van der Waals surface area contributed by atoms with Crippen LogP contribution in [-0.4, -0.2) is 45.9 Å². The van der Waals surface area contributed by atoms with Crippen LogP contribution in [0.1, 0.15) is 18.5 Å². The molecule has 3 heterocycles. The number of hydrogen-bond donors (Lipinski definition) is 2. The Morgan fingerprint density at radius 1 is 1.10 bits per heavy atom. The maximum Gasteiger partial charge on any atom is 0.321 e. The van der Waals surface area contributed by atoms with Crippen LogP contribution in [0.4, 0.5) is 10.5 Å². The molecule has 0 radical (unpaired) electrons. The van der Waals surface area contributed by atoms with Gasteiger partial charge >= 0.3 is 6.03 Å². The van der Waals surface area contributed by atoms with Crippen molar-refractivity contribution in [2.24, 2.45) is 5.92 Å². The smallest absolute Gasteiger partial charge is 0.321 e. The van der Waals surface area contributed by atoms with E-state index >= 15 is 0 Å². The van der Waals surface area contributed by atoms with Crippen LogP contribution in [0.25, 0.3) is 5.65 Å². The fourth-order valence-electron chi connectivity index (χ4n) is 3.67. The minimum atomic E-state index is -0.175. The number of nitrogens with one attached hydrogen (secondary N) is 2. The van der Waals surface area contributed by atoms with Crippen molar-refractivity contribution in [1.29, 1.82) is 0 Å². The Kier molecular flexibility index (Phi) is 5.74. The normalized spacial score (nSPS) is 16.6. The molecular formula is C22H25N5O2. The highest BCUT2D eigenvalue weighted by Gasteiger charge is 2.28. The standard InChI is InChI=1S/C22H25N5O2/c28-21(23-12-11-19-16-26-13-5-4-10-20(26)24-19)17-7-6-14-27(15-17)22(29)25-18-8-2-1-3-9-18/h1-5,8-10,13,16-17H,6-7,11-12,14-15H2,(H,23,28)(H,25,29)/t17-/m1/s1. The molecule has 1 atom stereocenters. The predicted molar refractivity (Wildman–Crippen MR) is 112 cm³/mol. The summed E-state index contributed by atoms with van der Waals surface area (Å²) in [5, 5.41) is 5.90. The lowest BCUT2D eigenvalue weighted by Crippen LogP contribution is -2.47. The van der Waals surface area contributed by atoms with E-state index in [1.807, 2.05) is 65.3 Å². The monoisotopic (exact) mass is 391 g/mol. The van der Waals surface area contributed by atoms with Crippen molar-refractivity contribution < 1.29 is 9.59 Å². The molecule has 0 saturated carbocycles. The van der Waals surface area contributed by atoms with E-state index in [-0.39, 0.29) is 17.9 Å². The van der Waals surface area contributed by atoms with Crippen LogP contribution in [0, 0.1) is 5.92 Å². The van der Waals surface area contributed by atoms with E-state index in [9.17, 15) is 9.59 Å². The molecule has 2 aromatic heterocycles. The average Bonchev–Trinajstić information content (AvgIpc) is 3.17. The number of carbonyl (C=O) groups excluding carboxylic acids is 2. The number of nitrogens with zero attached hydrogens (tertiary/aromatic N) is 3. The Labute approximate surface area is 169 Å². The van der Waals surface area contributed by atoms with Gasteiger partial charge in [0.25, 0.3) is 0 Å². The minimum absolute atomic E-state index is 0.00553. The molecule has 4 rings (SSSR count). The van der Waals surface area contributed by atoms with Gasteiger partial charge in [-0.3, -0.25) is 4.79 Å². The zero-order valence-electron chi connectivity index (χ0n) is 16.3. The summed E-state index contributed by atoms with van der Waals surface area (Å²) >= 11 is 0. The molecule has 1 aromatic carbocycles. The largest absolute Gasteiger partial charge is 0.355 e. The second kappa shape index (κ2) is 8.77. The first-order valence-electron chi connectivity index (χ1n) is 10.0. The fourth-order valence-corrected chi connectivity index (χ4v) is 3.67. The van der Waals surface area contributed by atoms with Gasteiger partial charge in [-0.25, -0.2) is 9.78 Å². The predicted octanol–water partition coefficient (Wildman–Crippen LogP) is 2.94. The second-order valence-corrected chi connectivity index (χ2v) is 7.32. The van der Waals surface area contributed by atoms with Crippen molar-refractivity contribution in [1.82, 2.24) is 19.6 Å². The van der Waals surface area contributed by atoms with E-state index < -0.39 is 0 Å². The van der Waals surface area contributed by atoms with Crippen LogP contribution in [0.3, 0.4) is 0 Å². The SMILES string of the molecule is O=C(NCCc1cn2ccccc2n1)[C@@H]1CCCN(C(=O)Nc2ccccc2)C1. The first kappa shape index (κ1) is 19.0. The highest BCUT2D eigenvalue weighted by atomic mass is 16.2. The van der Waals surface area contributed by atoms with Gasteiger partial charge in [-0.1, -0.05) is 24.3 Å². The number of likely N-dealkylation sites (tertiary alicyclic amines) is 1. The van der Waals surface area contributed by atoms with E-state index in [1.54, 1.807) is 4.90 Å². The van der Waals surface area contributed by atoms with Crippen molar-refractivity contribution in [3.8, 4) is 0 Å². The molecule has 29 heavy (non-hydrogen) atoms. The Morgan fingerprint density at radius 2 is 1.93 bits per heavy atom. The number of benzene rings is 1. The van der Waals surface area contributed by atoms with Gasteiger partial charge in [0, 0.05) is 44.1 Å². The number of anilines is 1. The van der Waals surface area contributed by atoms with Gasteiger partial charge < -0.3 is 19.9 Å². The maximum absolute atomic E-state index is 12.6. The Balaban J connectivity index is 1.26. The number of fused-ring (bicyclic) bond motifs is 1. The summed E-state index contributed by atoms with van der Waals surface area (Å²) in [7, 11) is 0. The average molecular weight is 391 g/mol. The molecule has 3 amide bonds. The van der Waals surface area contributed by atoms with Crippen molar-refractivity contribution >= 4 is 23.3 Å². The van der Waals surface area contributed by atoms with E-state index in [0.29, 0.717) is 26.1 Å². The number of imidazole rings is 1. The zero-order chi connectivity index (χ0) is 20.1. The topological polar surface area (TPSA) is 78.7 Å². The number of piperidine rings is 1. The van der Waals surface area contributed by atoms with E-state index in [4.69, 9.17) is 0 Å². The highest BCUT2D eigenvalue weighted by Crippen LogP contribution is 2.18. The van der Waals surface area contributed by atoms with Crippen molar-refractivity contribution in [2.75, 3.05) is 25.0 Å². The van der Waals surface area contributed by atoms with Crippen LogP contribution < -0.4 is 10.6 Å². The molecule has 3 aromatic rings. The zero-order valence-corrected chi connectivity index (χ0v) is 16.3. The molecule has 1 aliphatic rings. The number of carbonyl (C=O) groups is 2. The number of para-hydroxylation sites is 1. The number of rotatable bonds is 5. The molecule has 0 aliphatic carbocycles. The van der Waals surface area contributed by atoms with Crippen LogP contribution in [0.2, 0.25) is 0 Å². The molecule has 150 valence electrons. The third-order valence-corrected chi connectivity index (χ3v) is 5.20. The number of aromatic nitrogens is 2. The molecule has 7 nitrogen and oxygen atoms in total. The molecule has 0 unspecified atom stereocenters. The molecule has 1 aliphatic heterocycles. The number of amides is 3. The molecule has 0 spiro atoms. The van der Waals surface area contributed by atoms with Crippen LogP contribution in [-0.2, 0) is 11.2 Å². The first-order chi connectivity index (χ1) is 14.2. The van der Waals surface area contributed by atoms with Crippen LogP contribution >= 0.6 is 0 Å². The summed E-state index contributed by atoms with van der Waals surface area (Å²) in [5.74, 6) is -0.169. The minimum Gasteiger partial charge on any atom is -0.355 e. The Hall–Kier alpha value is -3.35. The number of urea groups is 1. The van der Waals surface area contributed by atoms with Gasteiger partial charge in [0.05, 0.1) is 11.6 Å². The van der Waals surface area contributed by atoms with E-state index in [2.05, 4.69) is 15.6 Å². The third kappa shape index (κ3) is 4.74. The van der Waals surface area contributed by atoms with Gasteiger partial charge in [-0.05, 0) is 37.1 Å². The molecular weight excluding hydrogens is 366 g/mol. The van der Waals surface area contributed by atoms with Crippen molar-refractivity contribution in [3.63, 3.8) is 0 Å². The van der Waals surface area contributed by atoms with Crippen LogP contribution in [0.5, 0.6) is 0 Å². The number of hydrogen-bond acceptors (Lipinski definition) is 3. The molecule has 0 bridgehead atoms. The third-order valence-electron chi connectivity index (χ3n) is 5.20. The highest BCUT2D eigenvalue weighted by molar-refractivity contribution is 5.90. The molecule has 2 N–H and O–H groups in total. The first-order valence-corrected chi connectivity index (χ1v) is 10.0. The lowest BCUT2D eigenvalue weighted by molar-refractivity contribution is -0.126. The van der Waals surface area contributed by atoms with Gasteiger partial charge in [0.2, 0.25) is 5.91 Å². The maximum atomic E-state index is 12.6. The molecule has 1 saturated heterocycles.